The average Bonchev–Trinajstić information content (AvgIpc) is 2.78. The zero-order chi connectivity index (χ0) is 13.1. The predicted molar refractivity (Wildman–Crippen MR) is 75.3 cm³/mol. The molecule has 0 bridgehead atoms. The molecule has 1 fully saturated rings. The fraction of sp³-hybridized carbons (Fsp3) is 0.417. The Morgan fingerprint density at radius 2 is 2.33 bits per heavy atom. The summed E-state index contributed by atoms with van der Waals surface area (Å²) in [5.41, 5.74) is 1.61. The summed E-state index contributed by atoms with van der Waals surface area (Å²) >= 11 is 9.42. The molecule has 2 amide bonds. The Balaban J connectivity index is 2.00. The molecule has 1 unspecified atom stereocenters. The van der Waals surface area contributed by atoms with Gasteiger partial charge < -0.3 is 15.4 Å². The van der Waals surface area contributed by atoms with Crippen molar-refractivity contribution in [2.75, 3.05) is 18.5 Å². The van der Waals surface area contributed by atoms with Crippen LogP contribution in [-0.2, 0) is 4.74 Å². The Hall–Kier alpha value is -0.780. The summed E-state index contributed by atoms with van der Waals surface area (Å²) in [5.74, 6) is 0. The van der Waals surface area contributed by atoms with E-state index in [1.54, 1.807) is 6.07 Å². The number of urea groups is 1. The molecule has 0 spiro atoms. The van der Waals surface area contributed by atoms with Crippen LogP contribution in [0.2, 0.25) is 5.02 Å². The minimum Gasteiger partial charge on any atom is -0.379 e. The monoisotopic (exact) mass is 332 g/mol. The third kappa shape index (κ3) is 3.37. The molecule has 18 heavy (non-hydrogen) atoms. The van der Waals surface area contributed by atoms with Crippen molar-refractivity contribution in [3.63, 3.8) is 0 Å². The first-order valence-electron chi connectivity index (χ1n) is 5.67. The lowest BCUT2D eigenvalue weighted by atomic mass is 10.2. The Morgan fingerprint density at radius 3 is 3.00 bits per heavy atom. The number of hydrogen-bond acceptors (Lipinski definition) is 2. The van der Waals surface area contributed by atoms with Crippen LogP contribution >= 0.6 is 27.5 Å². The number of carbonyl (C=O) groups is 1. The van der Waals surface area contributed by atoms with Crippen LogP contribution in [0.15, 0.2) is 16.6 Å². The number of nitrogens with one attached hydrogen (secondary N) is 2. The van der Waals surface area contributed by atoms with Gasteiger partial charge >= 0.3 is 6.03 Å². The number of anilines is 1. The highest BCUT2D eigenvalue weighted by molar-refractivity contribution is 9.10. The van der Waals surface area contributed by atoms with Crippen LogP contribution in [0.25, 0.3) is 0 Å². The quantitative estimate of drug-likeness (QED) is 0.872. The number of benzene rings is 1. The second-order valence-electron chi connectivity index (χ2n) is 4.24. The van der Waals surface area contributed by atoms with Crippen molar-refractivity contribution in [1.29, 1.82) is 0 Å². The molecule has 1 aromatic carbocycles. The fourth-order valence-electron chi connectivity index (χ4n) is 1.73. The second-order valence-corrected chi connectivity index (χ2v) is 5.50. The van der Waals surface area contributed by atoms with Gasteiger partial charge in [-0.1, -0.05) is 11.6 Å². The second kappa shape index (κ2) is 5.91. The summed E-state index contributed by atoms with van der Waals surface area (Å²) in [6, 6.07) is 3.44. The number of hydrogen-bond donors (Lipinski definition) is 2. The minimum absolute atomic E-state index is 0.0877. The van der Waals surface area contributed by atoms with Gasteiger partial charge in [0.05, 0.1) is 18.3 Å². The van der Waals surface area contributed by atoms with E-state index >= 15 is 0 Å². The number of halogens is 2. The van der Waals surface area contributed by atoms with Crippen molar-refractivity contribution in [2.24, 2.45) is 0 Å². The molecule has 1 aromatic rings. The topological polar surface area (TPSA) is 50.4 Å². The molecule has 1 atom stereocenters. The summed E-state index contributed by atoms with van der Waals surface area (Å²) in [6.45, 7) is 3.18. The van der Waals surface area contributed by atoms with Gasteiger partial charge in [0.25, 0.3) is 0 Å². The molecule has 2 rings (SSSR count). The van der Waals surface area contributed by atoms with Gasteiger partial charge in [0, 0.05) is 16.1 Å². The Kier molecular flexibility index (Phi) is 4.48. The molecule has 1 saturated heterocycles. The van der Waals surface area contributed by atoms with E-state index in [0.717, 1.165) is 16.5 Å². The molecule has 0 aliphatic carbocycles. The maximum atomic E-state index is 11.8. The number of ether oxygens (including phenoxy) is 1. The fourth-order valence-corrected chi connectivity index (χ4v) is 2.45. The average molecular weight is 334 g/mol. The van der Waals surface area contributed by atoms with Crippen LogP contribution in [0.3, 0.4) is 0 Å². The first kappa shape index (κ1) is 13.6. The van der Waals surface area contributed by atoms with Crippen LogP contribution in [0.5, 0.6) is 0 Å². The summed E-state index contributed by atoms with van der Waals surface area (Å²) in [5, 5.41) is 6.24. The van der Waals surface area contributed by atoms with E-state index < -0.39 is 0 Å². The third-order valence-corrected chi connectivity index (χ3v) is 3.82. The van der Waals surface area contributed by atoms with Crippen molar-refractivity contribution in [3.05, 3.63) is 27.2 Å². The molecule has 2 N–H and O–H groups in total. The number of aryl methyl sites for hydroxylation is 1. The summed E-state index contributed by atoms with van der Waals surface area (Å²) < 4.78 is 6.00. The van der Waals surface area contributed by atoms with Gasteiger partial charge in [-0.15, -0.1) is 0 Å². The lowest BCUT2D eigenvalue weighted by Crippen LogP contribution is -2.38. The first-order chi connectivity index (χ1) is 8.56. The molecule has 1 heterocycles. The van der Waals surface area contributed by atoms with Crippen molar-refractivity contribution < 1.29 is 9.53 Å². The Morgan fingerprint density at radius 1 is 1.56 bits per heavy atom. The lowest BCUT2D eigenvalue weighted by molar-refractivity contribution is 0.189. The summed E-state index contributed by atoms with van der Waals surface area (Å²) in [6.07, 6.45) is 0.850. The van der Waals surface area contributed by atoms with Gasteiger partial charge in [-0.3, -0.25) is 0 Å². The van der Waals surface area contributed by atoms with Crippen molar-refractivity contribution >= 4 is 39.2 Å². The highest BCUT2D eigenvalue weighted by Crippen LogP contribution is 2.29. The number of rotatable bonds is 2. The maximum Gasteiger partial charge on any atom is 0.319 e. The molecule has 0 aromatic heterocycles. The van der Waals surface area contributed by atoms with Gasteiger partial charge in [-0.2, -0.15) is 0 Å². The van der Waals surface area contributed by atoms with Gasteiger partial charge in [0.2, 0.25) is 0 Å². The smallest absolute Gasteiger partial charge is 0.319 e. The number of amides is 2. The standard InChI is InChI=1S/C12H14BrClN2O2/c1-7-4-9(13)11(5-10(7)14)16-12(17)15-8-2-3-18-6-8/h4-5,8H,2-3,6H2,1H3,(H2,15,16,17). The summed E-state index contributed by atoms with van der Waals surface area (Å²) in [4.78, 5) is 11.8. The highest BCUT2D eigenvalue weighted by Gasteiger charge is 2.18. The molecule has 0 radical (unpaired) electrons. The summed E-state index contributed by atoms with van der Waals surface area (Å²) in [7, 11) is 0. The van der Waals surface area contributed by atoms with E-state index in [2.05, 4.69) is 26.6 Å². The zero-order valence-corrected chi connectivity index (χ0v) is 12.3. The van der Waals surface area contributed by atoms with E-state index in [1.807, 2.05) is 13.0 Å². The van der Waals surface area contributed by atoms with E-state index in [9.17, 15) is 4.79 Å². The van der Waals surface area contributed by atoms with Crippen molar-refractivity contribution in [3.8, 4) is 0 Å². The number of carbonyl (C=O) groups excluding carboxylic acids is 1. The van der Waals surface area contributed by atoms with Crippen LogP contribution in [-0.4, -0.2) is 25.3 Å². The molecule has 98 valence electrons. The zero-order valence-electron chi connectivity index (χ0n) is 9.93. The highest BCUT2D eigenvalue weighted by atomic mass is 79.9. The van der Waals surface area contributed by atoms with Crippen molar-refractivity contribution in [2.45, 2.75) is 19.4 Å². The predicted octanol–water partition coefficient (Wildman–Crippen LogP) is 3.32. The van der Waals surface area contributed by atoms with Gasteiger partial charge in [-0.25, -0.2) is 4.79 Å². The Labute approximate surface area is 119 Å². The largest absolute Gasteiger partial charge is 0.379 e. The molecule has 1 aliphatic heterocycles. The van der Waals surface area contributed by atoms with Crippen LogP contribution in [0.1, 0.15) is 12.0 Å². The maximum absolute atomic E-state index is 11.8. The minimum atomic E-state index is -0.244. The molecule has 1 aliphatic rings. The molecule has 6 heteroatoms. The van der Waals surface area contributed by atoms with Crippen LogP contribution < -0.4 is 10.6 Å². The van der Waals surface area contributed by atoms with Gasteiger partial charge in [0.15, 0.2) is 0 Å². The van der Waals surface area contributed by atoms with E-state index in [-0.39, 0.29) is 12.1 Å². The van der Waals surface area contributed by atoms with E-state index in [1.165, 1.54) is 0 Å². The van der Waals surface area contributed by atoms with E-state index in [0.29, 0.717) is 23.9 Å². The van der Waals surface area contributed by atoms with Crippen LogP contribution in [0.4, 0.5) is 10.5 Å². The first-order valence-corrected chi connectivity index (χ1v) is 6.84. The SMILES string of the molecule is Cc1cc(Br)c(NC(=O)NC2CCOC2)cc1Cl. The Bertz CT molecular complexity index is 462. The molecular formula is C12H14BrClN2O2. The van der Waals surface area contributed by atoms with Gasteiger partial charge in [-0.05, 0) is 47.0 Å². The van der Waals surface area contributed by atoms with Crippen LogP contribution in [0, 0.1) is 6.92 Å². The third-order valence-electron chi connectivity index (χ3n) is 2.76. The lowest BCUT2D eigenvalue weighted by Gasteiger charge is -2.13. The normalized spacial score (nSPS) is 18.7. The molecule has 0 saturated carbocycles. The molecule has 4 nitrogen and oxygen atoms in total. The van der Waals surface area contributed by atoms with Gasteiger partial charge in [0.1, 0.15) is 0 Å². The van der Waals surface area contributed by atoms with Crippen molar-refractivity contribution in [1.82, 2.24) is 5.32 Å². The van der Waals surface area contributed by atoms with E-state index in [4.69, 9.17) is 16.3 Å². The molecular weight excluding hydrogens is 320 g/mol.